The van der Waals surface area contributed by atoms with Crippen LogP contribution in [0.25, 0.3) is 44.5 Å². The molecule has 3 nitrogen and oxygen atoms in total. The third-order valence-corrected chi connectivity index (χ3v) is 5.11. The molecule has 2 aromatic carbocycles. The fraction of sp³-hybridized carbons (Fsp3) is 0.0833. The Balaban J connectivity index is 1.75. The molecule has 29 heavy (non-hydrogen) atoms. The van der Waals surface area contributed by atoms with Gasteiger partial charge in [-0.05, 0) is 61.4 Å². The highest BCUT2D eigenvalue weighted by Gasteiger charge is 2.17. The molecule has 0 amide bonds. The van der Waals surface area contributed by atoms with E-state index in [-0.39, 0.29) is 0 Å². The summed E-state index contributed by atoms with van der Waals surface area (Å²) in [6.45, 7) is 3.90. The summed E-state index contributed by atoms with van der Waals surface area (Å²) in [5.74, 6) is -1.22. The quantitative estimate of drug-likeness (QED) is 0.343. The first-order valence-corrected chi connectivity index (χ1v) is 9.22. The number of furan rings is 1. The lowest BCUT2D eigenvalue weighted by molar-refractivity contribution is 0.585. The molecule has 5 rings (SSSR count). The topological polar surface area (TPSA) is 38.9 Å². The van der Waals surface area contributed by atoms with Crippen LogP contribution < -0.4 is 0 Å². The van der Waals surface area contributed by atoms with Gasteiger partial charge in [0.15, 0.2) is 0 Å². The monoisotopic (exact) mass is 386 g/mol. The molecule has 0 unspecified atom stereocenters. The first-order chi connectivity index (χ1) is 14.0. The maximum Gasteiger partial charge on any atom is 0.227 e. The van der Waals surface area contributed by atoms with E-state index in [4.69, 9.17) is 4.42 Å². The summed E-state index contributed by atoms with van der Waals surface area (Å²) in [5.41, 5.74) is 5.57. The summed E-state index contributed by atoms with van der Waals surface area (Å²) in [5, 5.41) is 1.89. The third kappa shape index (κ3) is 2.86. The van der Waals surface area contributed by atoms with Gasteiger partial charge in [-0.2, -0.15) is 0 Å². The second-order valence-electron chi connectivity index (χ2n) is 7.10. The molecule has 0 aliphatic carbocycles. The van der Waals surface area contributed by atoms with Gasteiger partial charge in [0.05, 0.1) is 5.69 Å². The average Bonchev–Trinajstić information content (AvgIpc) is 3.05. The molecule has 0 fully saturated rings. The van der Waals surface area contributed by atoms with Crippen LogP contribution in [0.15, 0.2) is 65.2 Å². The van der Waals surface area contributed by atoms with Gasteiger partial charge in [-0.25, -0.2) is 13.8 Å². The van der Waals surface area contributed by atoms with E-state index in [0.717, 1.165) is 33.7 Å². The number of halogens is 2. The Morgan fingerprint density at radius 1 is 0.862 bits per heavy atom. The van der Waals surface area contributed by atoms with Crippen LogP contribution in [0.1, 0.15) is 11.3 Å². The zero-order valence-electron chi connectivity index (χ0n) is 15.8. The van der Waals surface area contributed by atoms with Crippen molar-refractivity contribution in [2.75, 3.05) is 0 Å². The van der Waals surface area contributed by atoms with E-state index in [2.05, 4.69) is 9.97 Å². The normalized spacial score (nSPS) is 11.4. The minimum Gasteiger partial charge on any atom is -0.437 e. The molecule has 0 radical (unpaired) electrons. The Morgan fingerprint density at radius 2 is 1.69 bits per heavy atom. The first-order valence-electron chi connectivity index (χ1n) is 9.22. The minimum absolute atomic E-state index is 0.321. The van der Waals surface area contributed by atoms with Crippen molar-refractivity contribution in [1.82, 2.24) is 9.97 Å². The van der Waals surface area contributed by atoms with E-state index in [1.54, 1.807) is 18.3 Å². The van der Waals surface area contributed by atoms with Crippen LogP contribution in [0.5, 0.6) is 0 Å². The van der Waals surface area contributed by atoms with E-state index in [1.165, 1.54) is 12.1 Å². The zero-order valence-corrected chi connectivity index (χ0v) is 15.8. The lowest BCUT2D eigenvalue weighted by Crippen LogP contribution is -1.91. The van der Waals surface area contributed by atoms with Crippen molar-refractivity contribution in [2.45, 2.75) is 13.8 Å². The summed E-state index contributed by atoms with van der Waals surface area (Å²) < 4.78 is 33.7. The van der Waals surface area contributed by atoms with Crippen molar-refractivity contribution in [1.29, 1.82) is 0 Å². The molecule has 3 aromatic heterocycles. The highest BCUT2D eigenvalue weighted by Crippen LogP contribution is 2.37. The van der Waals surface area contributed by atoms with Gasteiger partial charge in [-0.1, -0.05) is 12.1 Å². The predicted octanol–water partition coefficient (Wildman–Crippen LogP) is 6.61. The van der Waals surface area contributed by atoms with Crippen LogP contribution in [-0.4, -0.2) is 9.97 Å². The summed E-state index contributed by atoms with van der Waals surface area (Å²) in [6, 6.07) is 15.0. The van der Waals surface area contributed by atoms with Gasteiger partial charge in [0, 0.05) is 39.9 Å². The van der Waals surface area contributed by atoms with Gasteiger partial charge in [0.2, 0.25) is 5.71 Å². The number of fused-ring (bicyclic) bond motifs is 3. The van der Waals surface area contributed by atoms with Gasteiger partial charge in [0.1, 0.15) is 17.2 Å². The van der Waals surface area contributed by atoms with Crippen molar-refractivity contribution < 1.29 is 13.2 Å². The lowest BCUT2D eigenvalue weighted by Gasteiger charge is -2.09. The molecule has 0 saturated heterocycles. The van der Waals surface area contributed by atoms with Crippen molar-refractivity contribution in [3.8, 4) is 22.4 Å². The Labute approximate surface area is 165 Å². The van der Waals surface area contributed by atoms with Crippen LogP contribution in [0.3, 0.4) is 0 Å². The second-order valence-corrected chi connectivity index (χ2v) is 7.10. The summed E-state index contributed by atoms with van der Waals surface area (Å²) in [6.07, 6.45) is 1.62. The van der Waals surface area contributed by atoms with Crippen LogP contribution in [0.2, 0.25) is 0 Å². The molecule has 0 bridgehead atoms. The number of aryl methyl sites for hydroxylation is 2. The first kappa shape index (κ1) is 17.5. The predicted molar refractivity (Wildman–Crippen MR) is 110 cm³/mol. The Morgan fingerprint density at radius 3 is 2.52 bits per heavy atom. The molecule has 5 aromatic rings. The zero-order chi connectivity index (χ0) is 20.1. The maximum atomic E-state index is 14.3. The van der Waals surface area contributed by atoms with Crippen molar-refractivity contribution in [2.24, 2.45) is 0 Å². The molecule has 0 saturated carbocycles. The number of benzene rings is 2. The molecule has 0 aliphatic rings. The number of pyridine rings is 2. The van der Waals surface area contributed by atoms with Gasteiger partial charge in [-0.3, -0.25) is 4.98 Å². The van der Waals surface area contributed by atoms with E-state index < -0.39 is 11.6 Å². The highest BCUT2D eigenvalue weighted by atomic mass is 19.1. The summed E-state index contributed by atoms with van der Waals surface area (Å²) in [4.78, 5) is 8.99. The standard InChI is InChI=1S/C24H16F2N2O/c1-13-3-6-18-19-7-4-14(2)28-24(19)29-23(18)22(13)21-11-15(9-10-27-21)17-8-5-16(25)12-20(17)26/h3-12H,1-2H3. The fourth-order valence-electron chi connectivity index (χ4n) is 3.69. The van der Waals surface area contributed by atoms with Crippen molar-refractivity contribution in [3.05, 3.63) is 83.7 Å². The second kappa shape index (κ2) is 6.48. The van der Waals surface area contributed by atoms with E-state index in [1.807, 2.05) is 38.1 Å². The Kier molecular flexibility index (Phi) is 3.91. The lowest BCUT2D eigenvalue weighted by atomic mass is 9.98. The summed E-state index contributed by atoms with van der Waals surface area (Å²) >= 11 is 0. The van der Waals surface area contributed by atoms with Crippen LogP contribution in [-0.2, 0) is 0 Å². The molecule has 0 spiro atoms. The molecule has 3 heterocycles. The maximum absolute atomic E-state index is 14.3. The number of hydrogen-bond donors (Lipinski definition) is 0. The number of hydrogen-bond acceptors (Lipinski definition) is 3. The molecule has 0 atom stereocenters. The molecule has 5 heteroatoms. The highest BCUT2D eigenvalue weighted by molar-refractivity contribution is 6.09. The van der Waals surface area contributed by atoms with E-state index in [9.17, 15) is 8.78 Å². The molecule has 0 N–H and O–H groups in total. The largest absolute Gasteiger partial charge is 0.437 e. The molecular formula is C24H16F2N2O. The van der Waals surface area contributed by atoms with Gasteiger partial charge < -0.3 is 4.42 Å². The average molecular weight is 386 g/mol. The van der Waals surface area contributed by atoms with Crippen molar-refractivity contribution in [3.63, 3.8) is 0 Å². The van der Waals surface area contributed by atoms with Crippen molar-refractivity contribution >= 4 is 22.1 Å². The summed E-state index contributed by atoms with van der Waals surface area (Å²) in [7, 11) is 0. The Hall–Kier alpha value is -3.60. The number of aromatic nitrogens is 2. The Bertz CT molecular complexity index is 1410. The van der Waals surface area contributed by atoms with Crippen LogP contribution in [0, 0.1) is 25.5 Å². The van der Waals surface area contributed by atoms with Crippen LogP contribution >= 0.6 is 0 Å². The fourth-order valence-corrected chi connectivity index (χ4v) is 3.69. The van der Waals surface area contributed by atoms with Gasteiger partial charge >= 0.3 is 0 Å². The van der Waals surface area contributed by atoms with Gasteiger partial charge in [-0.15, -0.1) is 0 Å². The molecule has 0 aliphatic heterocycles. The minimum atomic E-state index is -0.611. The molecular weight excluding hydrogens is 370 g/mol. The van der Waals surface area contributed by atoms with Gasteiger partial charge in [0.25, 0.3) is 0 Å². The van der Waals surface area contributed by atoms with E-state index >= 15 is 0 Å². The smallest absolute Gasteiger partial charge is 0.227 e. The molecule has 142 valence electrons. The SMILES string of the molecule is Cc1ccc2c(n1)oc1c(-c3cc(-c4ccc(F)cc4F)ccn3)c(C)ccc12. The van der Waals surface area contributed by atoms with E-state index in [0.29, 0.717) is 28.1 Å². The number of nitrogens with zero attached hydrogens (tertiary/aromatic N) is 2. The number of rotatable bonds is 2. The van der Waals surface area contributed by atoms with Crippen LogP contribution in [0.4, 0.5) is 8.78 Å². The third-order valence-electron chi connectivity index (χ3n) is 5.11.